The van der Waals surface area contributed by atoms with Crippen LogP contribution in [0.5, 0.6) is 0 Å². The molecule has 4 rings (SSSR count). The van der Waals surface area contributed by atoms with E-state index in [1.54, 1.807) is 0 Å². The van der Waals surface area contributed by atoms with E-state index in [2.05, 4.69) is 34.2 Å². The smallest absolute Gasteiger partial charge is 0.192 e. The van der Waals surface area contributed by atoms with Crippen molar-refractivity contribution in [1.82, 2.24) is 4.90 Å². The van der Waals surface area contributed by atoms with Crippen LogP contribution in [0.15, 0.2) is 29.3 Å². The van der Waals surface area contributed by atoms with Crippen molar-refractivity contribution in [2.75, 3.05) is 13.1 Å². The van der Waals surface area contributed by atoms with Crippen LogP contribution in [-0.4, -0.2) is 23.9 Å². The fourth-order valence-electron chi connectivity index (χ4n) is 3.93. The highest BCUT2D eigenvalue weighted by atomic mass is 15.4. The number of aryl methyl sites for hydroxylation is 1. The minimum Gasteiger partial charge on any atom is -0.370 e. The normalized spacial score (nSPS) is 29.2. The van der Waals surface area contributed by atoms with Gasteiger partial charge in [0.15, 0.2) is 5.96 Å². The summed E-state index contributed by atoms with van der Waals surface area (Å²) < 4.78 is 0. The van der Waals surface area contributed by atoms with Gasteiger partial charge in [-0.2, -0.15) is 0 Å². The molecule has 1 aromatic rings. The molecule has 1 heterocycles. The summed E-state index contributed by atoms with van der Waals surface area (Å²) >= 11 is 0. The molecule has 3 aliphatic rings. The Balaban J connectivity index is 1.78. The predicted octanol–water partition coefficient (Wildman–Crippen LogP) is 2.65. The lowest BCUT2D eigenvalue weighted by Gasteiger charge is -2.40. The Hall–Kier alpha value is -1.51. The molecule has 2 N–H and O–H groups in total. The van der Waals surface area contributed by atoms with E-state index in [0.29, 0.717) is 0 Å². The molecule has 0 amide bonds. The van der Waals surface area contributed by atoms with Crippen LogP contribution in [-0.2, 0) is 12.0 Å². The van der Waals surface area contributed by atoms with Crippen LogP contribution < -0.4 is 5.73 Å². The number of fused-ring (bicyclic) bond motifs is 2. The van der Waals surface area contributed by atoms with Gasteiger partial charge in [-0.1, -0.05) is 30.7 Å². The number of nitrogens with two attached hydrogens (primary N) is 1. The summed E-state index contributed by atoms with van der Waals surface area (Å²) in [6.45, 7) is 1.95. The van der Waals surface area contributed by atoms with Crippen LogP contribution in [0, 0.1) is 5.92 Å². The molecular weight excluding hydrogens is 246 g/mol. The zero-order valence-corrected chi connectivity index (χ0v) is 12.0. The predicted molar refractivity (Wildman–Crippen MR) is 81.6 cm³/mol. The first-order chi connectivity index (χ1) is 9.79. The summed E-state index contributed by atoms with van der Waals surface area (Å²) in [4.78, 5) is 7.08. The topological polar surface area (TPSA) is 41.6 Å². The highest BCUT2D eigenvalue weighted by Gasteiger charge is 2.46. The average Bonchev–Trinajstić information content (AvgIpc) is 3.25. The van der Waals surface area contributed by atoms with Gasteiger partial charge in [0.25, 0.3) is 0 Å². The van der Waals surface area contributed by atoms with Crippen molar-refractivity contribution in [3.05, 3.63) is 35.4 Å². The Labute approximate surface area is 120 Å². The number of hydrogen-bond acceptors (Lipinski definition) is 3. The molecule has 1 fully saturated rings. The molecule has 106 valence electrons. The first-order valence-corrected chi connectivity index (χ1v) is 7.95. The Morgan fingerprint density at radius 3 is 2.95 bits per heavy atom. The van der Waals surface area contributed by atoms with Gasteiger partial charge in [-0.25, -0.2) is 0 Å². The van der Waals surface area contributed by atoms with E-state index in [9.17, 15) is 0 Å². The SMILES string of the molecule is NC1=NCC2(CCCCc3ccccc32)N1CC1CC1. The van der Waals surface area contributed by atoms with Crippen LogP contribution in [0.2, 0.25) is 0 Å². The zero-order chi connectivity index (χ0) is 13.6. The van der Waals surface area contributed by atoms with Crippen molar-refractivity contribution in [3.8, 4) is 0 Å². The van der Waals surface area contributed by atoms with E-state index in [1.807, 2.05) is 0 Å². The van der Waals surface area contributed by atoms with Gasteiger partial charge in [-0.3, -0.25) is 4.99 Å². The first kappa shape index (κ1) is 12.2. The molecule has 3 nitrogen and oxygen atoms in total. The van der Waals surface area contributed by atoms with Crippen molar-refractivity contribution in [2.45, 2.75) is 44.1 Å². The molecule has 1 spiro atoms. The van der Waals surface area contributed by atoms with Gasteiger partial charge < -0.3 is 10.6 Å². The zero-order valence-electron chi connectivity index (χ0n) is 12.0. The second-order valence-corrected chi connectivity index (χ2v) is 6.62. The molecule has 3 heteroatoms. The Kier molecular flexibility index (Phi) is 2.76. The molecule has 1 aliphatic heterocycles. The van der Waals surface area contributed by atoms with Gasteiger partial charge in [0.1, 0.15) is 0 Å². The molecule has 1 unspecified atom stereocenters. The summed E-state index contributed by atoms with van der Waals surface area (Å²) in [5.74, 6) is 1.61. The van der Waals surface area contributed by atoms with Crippen molar-refractivity contribution in [3.63, 3.8) is 0 Å². The van der Waals surface area contributed by atoms with Crippen molar-refractivity contribution in [2.24, 2.45) is 16.6 Å². The van der Waals surface area contributed by atoms with Gasteiger partial charge in [-0.15, -0.1) is 0 Å². The highest BCUT2D eigenvalue weighted by molar-refractivity contribution is 5.81. The minimum atomic E-state index is 0.0553. The van der Waals surface area contributed by atoms with Gasteiger partial charge in [0.2, 0.25) is 0 Å². The lowest BCUT2D eigenvalue weighted by molar-refractivity contribution is 0.178. The minimum absolute atomic E-state index is 0.0553. The summed E-state index contributed by atoms with van der Waals surface area (Å²) in [6.07, 6.45) is 7.69. The summed E-state index contributed by atoms with van der Waals surface area (Å²) in [7, 11) is 0. The maximum absolute atomic E-state index is 6.24. The molecule has 1 aromatic carbocycles. The van der Waals surface area contributed by atoms with E-state index >= 15 is 0 Å². The number of guanidine groups is 1. The van der Waals surface area contributed by atoms with Gasteiger partial charge >= 0.3 is 0 Å². The average molecular weight is 269 g/mol. The van der Waals surface area contributed by atoms with Gasteiger partial charge in [0.05, 0.1) is 12.1 Å². The Morgan fingerprint density at radius 2 is 2.10 bits per heavy atom. The number of rotatable bonds is 2. The second kappa shape index (κ2) is 4.51. The maximum atomic E-state index is 6.24. The number of aliphatic imine (C=N–C) groups is 1. The van der Waals surface area contributed by atoms with Gasteiger partial charge in [-0.05, 0) is 49.1 Å². The van der Waals surface area contributed by atoms with Crippen LogP contribution in [0.3, 0.4) is 0 Å². The summed E-state index contributed by atoms with van der Waals surface area (Å²) in [5.41, 5.74) is 9.30. The summed E-state index contributed by atoms with van der Waals surface area (Å²) in [5, 5.41) is 0. The van der Waals surface area contributed by atoms with Crippen LogP contribution in [0.1, 0.15) is 43.2 Å². The quantitative estimate of drug-likeness (QED) is 0.897. The van der Waals surface area contributed by atoms with Crippen molar-refractivity contribution in [1.29, 1.82) is 0 Å². The Bertz CT molecular complexity index is 547. The lowest BCUT2D eigenvalue weighted by atomic mass is 9.83. The molecule has 1 atom stereocenters. The molecule has 0 bridgehead atoms. The standard InChI is InChI=1S/C17H23N3/c18-16-19-12-17(20(16)11-13-8-9-13)10-4-3-6-14-5-1-2-7-15(14)17/h1-2,5,7,13H,3-4,6,8-12H2,(H2,18,19). The van der Waals surface area contributed by atoms with Crippen LogP contribution in [0.4, 0.5) is 0 Å². The molecular formula is C17H23N3. The van der Waals surface area contributed by atoms with Gasteiger partial charge in [0, 0.05) is 6.54 Å². The second-order valence-electron chi connectivity index (χ2n) is 6.62. The molecule has 1 saturated carbocycles. The number of hydrogen-bond donors (Lipinski definition) is 1. The molecule has 20 heavy (non-hydrogen) atoms. The summed E-state index contributed by atoms with van der Waals surface area (Å²) in [6, 6.07) is 8.96. The third-order valence-electron chi connectivity index (χ3n) is 5.24. The fourth-order valence-corrected chi connectivity index (χ4v) is 3.93. The van der Waals surface area contributed by atoms with Crippen molar-refractivity contribution < 1.29 is 0 Å². The largest absolute Gasteiger partial charge is 0.370 e. The van der Waals surface area contributed by atoms with E-state index in [4.69, 9.17) is 5.73 Å². The lowest BCUT2D eigenvalue weighted by Crippen LogP contribution is -2.50. The van der Waals surface area contributed by atoms with E-state index in [0.717, 1.165) is 25.0 Å². The third-order valence-corrected chi connectivity index (χ3v) is 5.24. The molecule has 0 aromatic heterocycles. The fraction of sp³-hybridized carbons (Fsp3) is 0.588. The third kappa shape index (κ3) is 1.83. The maximum Gasteiger partial charge on any atom is 0.192 e. The highest BCUT2D eigenvalue weighted by Crippen LogP contribution is 2.44. The first-order valence-electron chi connectivity index (χ1n) is 7.95. The Morgan fingerprint density at radius 1 is 1.25 bits per heavy atom. The number of nitrogens with zero attached hydrogens (tertiary/aromatic N) is 2. The molecule has 0 saturated heterocycles. The molecule has 2 aliphatic carbocycles. The van der Waals surface area contributed by atoms with Crippen LogP contribution >= 0.6 is 0 Å². The van der Waals surface area contributed by atoms with E-state index in [-0.39, 0.29) is 5.54 Å². The monoisotopic (exact) mass is 269 g/mol. The number of benzene rings is 1. The van der Waals surface area contributed by atoms with E-state index in [1.165, 1.54) is 49.7 Å². The van der Waals surface area contributed by atoms with Crippen LogP contribution in [0.25, 0.3) is 0 Å². The van der Waals surface area contributed by atoms with Crippen molar-refractivity contribution >= 4 is 5.96 Å². The molecule has 0 radical (unpaired) electrons. The van der Waals surface area contributed by atoms with E-state index < -0.39 is 0 Å².